The van der Waals surface area contributed by atoms with E-state index in [0.29, 0.717) is 0 Å². The van der Waals surface area contributed by atoms with E-state index < -0.39 is 0 Å². The predicted octanol–water partition coefficient (Wildman–Crippen LogP) is 5.93. The standard InChI is InChI=1S/C28H31N4/c1-17-12-13-22-25-23(17)24-19(14-18(16-30(24)7)15-27(2,3)4)28(5,6)32(25)26-29-20-10-8-9-11-21(20)31(22)26/h8-14,16H,15H2,1-7H3/q+1. The Kier molecular flexibility index (Phi) is 3.67. The third-order valence-electron chi connectivity index (χ3n) is 7.06. The molecule has 6 rings (SSSR count). The van der Waals surface area contributed by atoms with Gasteiger partial charge in [-0.25, -0.2) is 9.55 Å². The van der Waals surface area contributed by atoms with E-state index in [0.717, 1.165) is 17.7 Å². The Morgan fingerprint density at radius 2 is 1.78 bits per heavy atom. The third kappa shape index (κ3) is 2.44. The fourth-order valence-electron chi connectivity index (χ4n) is 5.82. The zero-order valence-corrected chi connectivity index (χ0v) is 20.1. The lowest BCUT2D eigenvalue weighted by Gasteiger charge is -2.34. The van der Waals surface area contributed by atoms with Gasteiger partial charge in [-0.15, -0.1) is 0 Å². The molecule has 0 atom stereocenters. The summed E-state index contributed by atoms with van der Waals surface area (Å²) in [5.74, 6) is 1.02. The average molecular weight is 424 g/mol. The van der Waals surface area contributed by atoms with Gasteiger partial charge in [0.2, 0.25) is 11.5 Å². The maximum atomic E-state index is 5.12. The second-order valence-electron chi connectivity index (χ2n) is 11.2. The number of aromatic nitrogens is 4. The van der Waals surface area contributed by atoms with Crippen molar-refractivity contribution >= 4 is 27.8 Å². The van der Waals surface area contributed by atoms with Crippen LogP contribution in [0.1, 0.15) is 51.3 Å². The van der Waals surface area contributed by atoms with Crippen molar-refractivity contribution in [2.75, 3.05) is 0 Å². The summed E-state index contributed by atoms with van der Waals surface area (Å²) in [7, 11) is 2.21. The molecule has 1 aliphatic heterocycles. The summed E-state index contributed by atoms with van der Waals surface area (Å²) in [4.78, 5) is 5.12. The fourth-order valence-corrected chi connectivity index (χ4v) is 5.82. The Bertz CT molecular complexity index is 1570. The third-order valence-corrected chi connectivity index (χ3v) is 7.06. The first-order valence-electron chi connectivity index (χ1n) is 11.5. The Morgan fingerprint density at radius 1 is 1.03 bits per heavy atom. The van der Waals surface area contributed by atoms with Crippen molar-refractivity contribution in [3.8, 4) is 11.3 Å². The summed E-state index contributed by atoms with van der Waals surface area (Å²) >= 11 is 0. The highest BCUT2D eigenvalue weighted by molar-refractivity contribution is 6.01. The van der Waals surface area contributed by atoms with Crippen LogP contribution in [0, 0.1) is 12.3 Å². The van der Waals surface area contributed by atoms with Gasteiger partial charge >= 0.3 is 0 Å². The molecule has 5 aromatic rings. The van der Waals surface area contributed by atoms with Crippen molar-refractivity contribution in [1.29, 1.82) is 0 Å². The molecule has 3 aromatic heterocycles. The first-order chi connectivity index (χ1) is 15.1. The van der Waals surface area contributed by atoms with Gasteiger partial charge in [-0.2, -0.15) is 0 Å². The van der Waals surface area contributed by atoms with Gasteiger partial charge in [0.1, 0.15) is 7.05 Å². The highest BCUT2D eigenvalue weighted by Gasteiger charge is 2.42. The summed E-state index contributed by atoms with van der Waals surface area (Å²) in [6.45, 7) is 13.9. The number of rotatable bonds is 1. The fraction of sp³-hybridized carbons (Fsp3) is 0.357. The molecule has 0 saturated carbocycles. The Hall–Kier alpha value is -3.14. The number of benzene rings is 2. The Balaban J connectivity index is 1.80. The minimum absolute atomic E-state index is 0.230. The number of imidazole rings is 2. The number of hydrogen-bond donors (Lipinski definition) is 0. The highest BCUT2D eigenvalue weighted by Crippen LogP contribution is 2.47. The maximum Gasteiger partial charge on any atom is 0.220 e. The van der Waals surface area contributed by atoms with E-state index in [4.69, 9.17) is 4.98 Å². The molecule has 0 amide bonds. The topological polar surface area (TPSA) is 26.1 Å². The van der Waals surface area contributed by atoms with Crippen LogP contribution in [0.5, 0.6) is 0 Å². The van der Waals surface area contributed by atoms with Crippen LogP contribution in [-0.4, -0.2) is 14.0 Å². The predicted molar refractivity (Wildman–Crippen MR) is 131 cm³/mol. The molecule has 0 bridgehead atoms. The molecule has 0 fully saturated rings. The van der Waals surface area contributed by atoms with E-state index in [2.05, 4.69) is 111 Å². The largest absolute Gasteiger partial charge is 0.299 e. The van der Waals surface area contributed by atoms with Gasteiger partial charge in [0, 0.05) is 5.56 Å². The number of hydrogen-bond acceptors (Lipinski definition) is 1. The molecular weight excluding hydrogens is 392 g/mol. The average Bonchev–Trinajstić information content (AvgIpc) is 3.21. The van der Waals surface area contributed by atoms with E-state index in [1.54, 1.807) is 0 Å². The van der Waals surface area contributed by atoms with Gasteiger partial charge < -0.3 is 0 Å². The van der Waals surface area contributed by atoms with Crippen molar-refractivity contribution in [3.05, 3.63) is 65.4 Å². The van der Waals surface area contributed by atoms with E-state index in [9.17, 15) is 0 Å². The van der Waals surface area contributed by atoms with Crippen LogP contribution in [0.2, 0.25) is 0 Å². The van der Waals surface area contributed by atoms with E-state index >= 15 is 0 Å². The lowest BCUT2D eigenvalue weighted by molar-refractivity contribution is -0.661. The lowest BCUT2D eigenvalue weighted by Crippen LogP contribution is -2.41. The highest BCUT2D eigenvalue weighted by atomic mass is 15.2. The molecule has 32 heavy (non-hydrogen) atoms. The molecule has 4 heterocycles. The summed E-state index contributed by atoms with van der Waals surface area (Å²) in [5, 5.41) is 0. The Labute approximate surface area is 189 Å². The summed E-state index contributed by atoms with van der Waals surface area (Å²) in [5.41, 5.74) is 11.5. The molecule has 0 radical (unpaired) electrons. The molecule has 0 unspecified atom stereocenters. The normalized spacial score (nSPS) is 15.1. The van der Waals surface area contributed by atoms with Gasteiger partial charge in [-0.3, -0.25) is 8.97 Å². The molecular formula is C28H31N4+. The van der Waals surface area contributed by atoms with E-state index in [-0.39, 0.29) is 11.0 Å². The van der Waals surface area contributed by atoms with Gasteiger partial charge in [-0.1, -0.05) is 39.0 Å². The number of para-hydroxylation sites is 2. The number of pyridine rings is 1. The molecule has 162 valence electrons. The number of aryl methyl sites for hydroxylation is 2. The molecule has 0 spiro atoms. The molecule has 0 N–H and O–H groups in total. The molecule has 2 aromatic carbocycles. The second kappa shape index (κ2) is 6.00. The van der Waals surface area contributed by atoms with Gasteiger partial charge in [0.25, 0.3) is 0 Å². The lowest BCUT2D eigenvalue weighted by atomic mass is 9.81. The second-order valence-corrected chi connectivity index (χ2v) is 11.2. The number of nitrogens with zero attached hydrogens (tertiary/aromatic N) is 4. The zero-order valence-electron chi connectivity index (χ0n) is 20.1. The molecule has 1 aliphatic rings. The zero-order chi connectivity index (χ0) is 22.6. The van der Waals surface area contributed by atoms with Crippen molar-refractivity contribution in [3.63, 3.8) is 0 Å². The van der Waals surface area contributed by atoms with E-state index in [1.165, 1.54) is 44.5 Å². The van der Waals surface area contributed by atoms with Crippen LogP contribution in [0.15, 0.2) is 48.7 Å². The first kappa shape index (κ1) is 19.5. The van der Waals surface area contributed by atoms with Crippen LogP contribution in [0.25, 0.3) is 39.1 Å². The SMILES string of the molecule is Cc1ccc2c3c1-c1c(cc(CC(C)(C)C)c[n+]1C)C(C)(C)n3c1nc3ccccc3n21. The monoisotopic (exact) mass is 423 g/mol. The van der Waals surface area contributed by atoms with Gasteiger partial charge in [0.15, 0.2) is 6.20 Å². The smallest absolute Gasteiger partial charge is 0.220 e. The van der Waals surface area contributed by atoms with Crippen LogP contribution >= 0.6 is 0 Å². The van der Waals surface area contributed by atoms with Gasteiger partial charge in [0.05, 0.1) is 38.7 Å². The molecule has 4 heteroatoms. The number of fused-ring (bicyclic) bond motifs is 7. The molecule has 0 aliphatic carbocycles. The summed E-state index contributed by atoms with van der Waals surface area (Å²) < 4.78 is 7.18. The summed E-state index contributed by atoms with van der Waals surface area (Å²) in [6.07, 6.45) is 3.38. The minimum atomic E-state index is -0.230. The first-order valence-corrected chi connectivity index (χ1v) is 11.5. The quantitative estimate of drug-likeness (QED) is 0.307. The molecule has 0 saturated heterocycles. The van der Waals surface area contributed by atoms with Crippen LogP contribution in [0.3, 0.4) is 0 Å². The van der Waals surface area contributed by atoms with Crippen LogP contribution < -0.4 is 4.57 Å². The van der Waals surface area contributed by atoms with Crippen LogP contribution in [-0.2, 0) is 19.0 Å². The van der Waals surface area contributed by atoms with Gasteiger partial charge in [-0.05, 0) is 62.4 Å². The Morgan fingerprint density at radius 3 is 2.53 bits per heavy atom. The summed E-state index contributed by atoms with van der Waals surface area (Å²) in [6, 6.07) is 15.4. The molecule has 4 nitrogen and oxygen atoms in total. The minimum Gasteiger partial charge on any atom is -0.299 e. The van der Waals surface area contributed by atoms with Crippen molar-refractivity contribution in [2.45, 2.75) is 53.5 Å². The van der Waals surface area contributed by atoms with Crippen molar-refractivity contribution in [2.24, 2.45) is 12.5 Å². The maximum absolute atomic E-state index is 5.12. The van der Waals surface area contributed by atoms with Crippen molar-refractivity contribution < 1.29 is 4.57 Å². The van der Waals surface area contributed by atoms with E-state index in [1.807, 2.05) is 0 Å². The van der Waals surface area contributed by atoms with Crippen LogP contribution in [0.4, 0.5) is 0 Å². The van der Waals surface area contributed by atoms with Crippen molar-refractivity contribution in [1.82, 2.24) is 14.0 Å².